The number of hydrogen-bond acceptors (Lipinski definition) is 7. The number of carbonyl (C=O) groups is 2. The van der Waals surface area contributed by atoms with Gasteiger partial charge < -0.3 is 10.1 Å². The van der Waals surface area contributed by atoms with Gasteiger partial charge in [-0.2, -0.15) is 9.61 Å². The van der Waals surface area contributed by atoms with Crippen LogP contribution in [0.2, 0.25) is 0 Å². The molecule has 0 atom stereocenters. The van der Waals surface area contributed by atoms with Gasteiger partial charge >= 0.3 is 5.97 Å². The van der Waals surface area contributed by atoms with E-state index in [1.807, 2.05) is 0 Å². The molecule has 0 saturated heterocycles. The molecule has 4 saturated carbocycles. The highest BCUT2D eigenvalue weighted by molar-refractivity contribution is 7.16. The molecule has 4 aliphatic carbocycles. The van der Waals surface area contributed by atoms with E-state index in [4.69, 9.17) is 4.74 Å². The molecule has 2 aromatic heterocycles. The minimum Gasteiger partial charge on any atom is -0.456 e. The number of aromatic nitrogens is 3. The van der Waals surface area contributed by atoms with Gasteiger partial charge in [0.05, 0.1) is 22.4 Å². The van der Waals surface area contributed by atoms with Crippen LogP contribution < -0.4 is 10.9 Å². The molecule has 1 aromatic carbocycles. The van der Waals surface area contributed by atoms with Gasteiger partial charge in [-0.1, -0.05) is 23.5 Å². The number of nitrogens with zero attached hydrogens (tertiary/aromatic N) is 3. The Morgan fingerprint density at radius 3 is 2.53 bits per heavy atom. The summed E-state index contributed by atoms with van der Waals surface area (Å²) < 4.78 is 6.72. The third kappa shape index (κ3) is 3.72. The maximum Gasteiger partial charge on any atom is 0.340 e. The van der Waals surface area contributed by atoms with E-state index < -0.39 is 5.97 Å². The lowest BCUT2D eigenvalue weighted by atomic mass is 9.49. The molecule has 7 rings (SSSR count). The second-order valence-corrected chi connectivity index (χ2v) is 11.3. The number of carbonyl (C=O) groups excluding carboxylic acids is 2. The number of rotatable bonds is 5. The molecule has 0 unspecified atom stereocenters. The van der Waals surface area contributed by atoms with Crippen molar-refractivity contribution in [3.05, 3.63) is 57.0 Å². The van der Waals surface area contributed by atoms with Crippen LogP contribution in [0.15, 0.2) is 35.1 Å². The van der Waals surface area contributed by atoms with Gasteiger partial charge in [0.2, 0.25) is 10.9 Å². The summed E-state index contributed by atoms with van der Waals surface area (Å²) in [5.74, 6) is 1.45. The largest absolute Gasteiger partial charge is 0.456 e. The van der Waals surface area contributed by atoms with Gasteiger partial charge in [-0.3, -0.25) is 9.59 Å². The lowest BCUT2D eigenvalue weighted by Gasteiger charge is -2.55. The predicted octanol–water partition coefficient (Wildman–Crippen LogP) is 3.97. The number of para-hydroxylation sites is 1. The van der Waals surface area contributed by atoms with Gasteiger partial charge in [0.25, 0.3) is 5.56 Å². The molecular weight excluding hydrogens is 452 g/mol. The van der Waals surface area contributed by atoms with Crippen molar-refractivity contribution in [3.8, 4) is 0 Å². The highest BCUT2D eigenvalue weighted by atomic mass is 32.1. The number of fused-ring (bicyclic) bond motifs is 1. The van der Waals surface area contributed by atoms with E-state index in [1.165, 1.54) is 41.2 Å². The Morgan fingerprint density at radius 1 is 1.15 bits per heavy atom. The number of anilines is 1. The van der Waals surface area contributed by atoms with Gasteiger partial charge in [0, 0.05) is 6.07 Å². The highest BCUT2D eigenvalue weighted by Gasteiger charge is 2.54. The SMILES string of the molecule is Cc1nn2c(=O)cc(COC(=O)c3ccccc3NC(=O)C34CC5CC(CC(C5)C3)C4)nc2s1. The maximum atomic E-state index is 13.5. The summed E-state index contributed by atoms with van der Waals surface area (Å²) in [5.41, 5.74) is 0.503. The number of nitrogens with one attached hydrogen (secondary N) is 1. The van der Waals surface area contributed by atoms with Gasteiger partial charge in [0.1, 0.15) is 11.6 Å². The molecule has 1 N–H and O–H groups in total. The van der Waals surface area contributed by atoms with Crippen molar-refractivity contribution in [2.45, 2.75) is 52.1 Å². The van der Waals surface area contributed by atoms with Crippen molar-refractivity contribution < 1.29 is 14.3 Å². The van der Waals surface area contributed by atoms with Crippen LogP contribution in [0.1, 0.15) is 59.6 Å². The Labute approximate surface area is 200 Å². The molecule has 4 aliphatic rings. The van der Waals surface area contributed by atoms with Crippen LogP contribution in [0.3, 0.4) is 0 Å². The molecule has 9 heteroatoms. The molecule has 4 fully saturated rings. The van der Waals surface area contributed by atoms with Crippen molar-refractivity contribution in [3.63, 3.8) is 0 Å². The van der Waals surface area contributed by atoms with E-state index >= 15 is 0 Å². The van der Waals surface area contributed by atoms with E-state index in [0.29, 0.717) is 39.7 Å². The first-order valence-corrected chi connectivity index (χ1v) is 12.6. The first kappa shape index (κ1) is 21.5. The van der Waals surface area contributed by atoms with Gasteiger partial charge in [-0.15, -0.1) is 0 Å². The predicted molar refractivity (Wildman–Crippen MR) is 127 cm³/mol. The highest BCUT2D eigenvalue weighted by Crippen LogP contribution is 2.60. The number of hydrogen-bond donors (Lipinski definition) is 1. The Kier molecular flexibility index (Phi) is 5.05. The van der Waals surface area contributed by atoms with Crippen LogP contribution in [0.25, 0.3) is 4.96 Å². The number of benzene rings is 1. The topological polar surface area (TPSA) is 103 Å². The lowest BCUT2D eigenvalue weighted by Crippen LogP contribution is -2.51. The van der Waals surface area contributed by atoms with E-state index in [2.05, 4.69) is 15.4 Å². The second-order valence-electron chi connectivity index (χ2n) is 10.2. The Balaban J connectivity index is 1.18. The van der Waals surface area contributed by atoms with Crippen molar-refractivity contribution in [1.29, 1.82) is 0 Å². The molecular formula is C25H26N4O4S. The van der Waals surface area contributed by atoms with Gasteiger partial charge in [-0.05, 0) is 75.3 Å². The summed E-state index contributed by atoms with van der Waals surface area (Å²) in [6.45, 7) is 1.66. The standard InChI is InChI=1S/C25H26N4O4S/c1-14-28-29-21(30)9-18(26-24(29)34-14)13-33-22(31)19-4-2-3-5-20(19)27-23(32)25-10-15-6-16(11-25)8-17(7-15)12-25/h2-5,9,15-17H,6-8,10-13H2,1H3,(H,27,32). The van der Waals surface area contributed by atoms with Crippen molar-refractivity contribution >= 4 is 33.9 Å². The molecule has 176 valence electrons. The van der Waals surface area contributed by atoms with E-state index in [-0.39, 0.29) is 23.5 Å². The van der Waals surface area contributed by atoms with Crippen molar-refractivity contribution in [1.82, 2.24) is 14.6 Å². The summed E-state index contributed by atoms with van der Waals surface area (Å²) in [4.78, 5) is 43.5. The second kappa shape index (κ2) is 8.01. The van der Waals surface area contributed by atoms with Crippen molar-refractivity contribution in [2.75, 3.05) is 5.32 Å². The fraction of sp³-hybridized carbons (Fsp3) is 0.480. The molecule has 0 aliphatic heterocycles. The van der Waals surface area contributed by atoms with Crippen LogP contribution in [-0.2, 0) is 16.1 Å². The van der Waals surface area contributed by atoms with Crippen LogP contribution in [-0.4, -0.2) is 26.5 Å². The molecule has 4 bridgehead atoms. The fourth-order valence-corrected chi connectivity index (χ4v) is 7.42. The minimum absolute atomic E-state index is 0.0348. The normalized spacial score (nSPS) is 27.1. The maximum absolute atomic E-state index is 13.5. The number of amides is 1. The summed E-state index contributed by atoms with van der Waals surface area (Å²) in [7, 11) is 0. The number of aryl methyl sites for hydroxylation is 1. The first-order valence-electron chi connectivity index (χ1n) is 11.8. The summed E-state index contributed by atoms with van der Waals surface area (Å²) in [5, 5.41) is 7.91. The van der Waals surface area contributed by atoms with E-state index in [9.17, 15) is 14.4 Å². The molecule has 3 aromatic rings. The lowest BCUT2D eigenvalue weighted by molar-refractivity contribution is -0.140. The van der Waals surface area contributed by atoms with Gasteiger partial charge in [-0.25, -0.2) is 9.78 Å². The molecule has 1 amide bonds. The average Bonchev–Trinajstić information content (AvgIpc) is 3.18. The summed E-state index contributed by atoms with van der Waals surface area (Å²) in [6, 6.07) is 8.25. The Hall–Kier alpha value is -3.07. The minimum atomic E-state index is -0.566. The zero-order chi connectivity index (χ0) is 23.4. The number of ether oxygens (including phenoxy) is 1. The fourth-order valence-electron chi connectivity index (χ4n) is 6.66. The summed E-state index contributed by atoms with van der Waals surface area (Å²) in [6.07, 6.45) is 6.66. The van der Waals surface area contributed by atoms with E-state index in [1.54, 1.807) is 31.2 Å². The van der Waals surface area contributed by atoms with Crippen molar-refractivity contribution in [2.24, 2.45) is 23.2 Å². The Morgan fingerprint density at radius 2 is 1.82 bits per heavy atom. The molecule has 2 heterocycles. The van der Waals surface area contributed by atoms with Crippen LogP contribution in [0, 0.1) is 30.1 Å². The number of esters is 1. The molecule has 34 heavy (non-hydrogen) atoms. The first-order chi connectivity index (χ1) is 16.4. The van der Waals surface area contributed by atoms with Gasteiger partial charge in [0.15, 0.2) is 0 Å². The zero-order valence-electron chi connectivity index (χ0n) is 19.0. The van der Waals surface area contributed by atoms with Crippen LogP contribution >= 0.6 is 11.3 Å². The van der Waals surface area contributed by atoms with Crippen LogP contribution in [0.5, 0.6) is 0 Å². The average molecular weight is 479 g/mol. The zero-order valence-corrected chi connectivity index (χ0v) is 19.8. The smallest absolute Gasteiger partial charge is 0.340 e. The third-order valence-electron chi connectivity index (χ3n) is 7.67. The Bertz CT molecular complexity index is 1330. The third-order valence-corrected chi connectivity index (χ3v) is 8.49. The van der Waals surface area contributed by atoms with Crippen LogP contribution in [0.4, 0.5) is 5.69 Å². The monoisotopic (exact) mass is 478 g/mol. The van der Waals surface area contributed by atoms with E-state index in [0.717, 1.165) is 24.3 Å². The quantitative estimate of drug-likeness (QED) is 0.557. The molecule has 0 radical (unpaired) electrons. The molecule has 8 nitrogen and oxygen atoms in total. The molecule has 0 spiro atoms. The summed E-state index contributed by atoms with van der Waals surface area (Å²) >= 11 is 1.30.